The summed E-state index contributed by atoms with van der Waals surface area (Å²) < 4.78 is 7.02. The molecule has 0 fully saturated rings. The molecule has 0 radical (unpaired) electrons. The van der Waals surface area contributed by atoms with Crippen molar-refractivity contribution < 1.29 is 4.74 Å². The van der Waals surface area contributed by atoms with Gasteiger partial charge in [0.2, 0.25) is 0 Å². The molecule has 1 aromatic carbocycles. The Kier molecular flexibility index (Phi) is 6.02. The number of aromatic nitrogens is 2. The van der Waals surface area contributed by atoms with E-state index in [1.165, 1.54) is 0 Å². The van der Waals surface area contributed by atoms with Gasteiger partial charge in [-0.15, -0.1) is 0 Å². The van der Waals surface area contributed by atoms with E-state index >= 15 is 0 Å². The molecule has 2 rings (SSSR count). The molecular weight excluding hydrogens is 290 g/mol. The monoisotopic (exact) mass is 315 g/mol. The molecule has 1 unspecified atom stereocenters. The molecule has 1 atom stereocenters. The van der Waals surface area contributed by atoms with Gasteiger partial charge in [0.15, 0.2) is 5.96 Å². The van der Waals surface area contributed by atoms with Gasteiger partial charge in [-0.2, -0.15) is 5.10 Å². The number of hydrogen-bond donors (Lipinski definition) is 2. The molecule has 1 heterocycles. The fourth-order valence-electron chi connectivity index (χ4n) is 2.04. The number of nitrogens with zero attached hydrogens (tertiary/aromatic N) is 3. The van der Waals surface area contributed by atoms with Crippen molar-refractivity contribution in [3.8, 4) is 11.4 Å². The number of methoxy groups -OCH3 is 1. The summed E-state index contributed by atoms with van der Waals surface area (Å²) >= 11 is 0. The number of ether oxygens (including phenoxy) is 1. The molecule has 0 saturated heterocycles. The van der Waals surface area contributed by atoms with E-state index in [0.717, 1.165) is 29.5 Å². The van der Waals surface area contributed by atoms with Crippen LogP contribution in [0.15, 0.2) is 41.5 Å². The topological polar surface area (TPSA) is 63.5 Å². The van der Waals surface area contributed by atoms with E-state index in [1.54, 1.807) is 14.2 Å². The fourth-order valence-corrected chi connectivity index (χ4v) is 2.04. The number of hydrogen-bond acceptors (Lipinski definition) is 3. The van der Waals surface area contributed by atoms with E-state index < -0.39 is 0 Å². The van der Waals surface area contributed by atoms with Gasteiger partial charge in [0.1, 0.15) is 5.75 Å². The van der Waals surface area contributed by atoms with E-state index in [9.17, 15) is 0 Å². The molecule has 2 aromatic rings. The minimum atomic E-state index is 0.387. The number of aliphatic imine (C=N–C) groups is 1. The van der Waals surface area contributed by atoms with Gasteiger partial charge in [-0.25, -0.2) is 4.68 Å². The van der Waals surface area contributed by atoms with Crippen LogP contribution in [0.2, 0.25) is 0 Å². The van der Waals surface area contributed by atoms with E-state index in [-0.39, 0.29) is 0 Å². The summed E-state index contributed by atoms with van der Waals surface area (Å²) in [5, 5.41) is 11.2. The van der Waals surface area contributed by atoms with Crippen LogP contribution in [0, 0.1) is 0 Å². The van der Waals surface area contributed by atoms with E-state index in [2.05, 4.69) is 34.6 Å². The standard InChI is InChI=1S/C17H25N5O/c1-5-13(2)20-17(18-3)19-12-14-10-11-22(21-14)15-6-8-16(23-4)9-7-15/h6-11,13H,5,12H2,1-4H3,(H2,18,19,20). The molecule has 1 aromatic heterocycles. The number of guanidine groups is 1. The van der Waals surface area contributed by atoms with Crippen molar-refractivity contribution in [1.82, 2.24) is 20.4 Å². The first-order chi connectivity index (χ1) is 11.2. The summed E-state index contributed by atoms with van der Waals surface area (Å²) in [6.07, 6.45) is 3.00. The van der Waals surface area contributed by atoms with Gasteiger partial charge >= 0.3 is 0 Å². The molecule has 6 nitrogen and oxygen atoms in total. The summed E-state index contributed by atoms with van der Waals surface area (Å²) in [4.78, 5) is 4.22. The van der Waals surface area contributed by atoms with Crippen LogP contribution in [-0.2, 0) is 6.54 Å². The van der Waals surface area contributed by atoms with Crippen LogP contribution >= 0.6 is 0 Å². The van der Waals surface area contributed by atoms with Crippen LogP contribution in [0.25, 0.3) is 5.69 Å². The second-order valence-electron chi connectivity index (χ2n) is 5.33. The van der Waals surface area contributed by atoms with Crippen molar-refractivity contribution in [2.24, 2.45) is 4.99 Å². The highest BCUT2D eigenvalue weighted by atomic mass is 16.5. The zero-order valence-corrected chi connectivity index (χ0v) is 14.2. The molecule has 0 aliphatic carbocycles. The van der Waals surface area contributed by atoms with Crippen molar-refractivity contribution in [3.05, 3.63) is 42.2 Å². The Bertz CT molecular complexity index is 633. The first-order valence-electron chi connectivity index (χ1n) is 7.82. The molecular formula is C17H25N5O. The fraction of sp³-hybridized carbons (Fsp3) is 0.412. The molecule has 0 spiro atoms. The minimum Gasteiger partial charge on any atom is -0.497 e. The van der Waals surface area contributed by atoms with Crippen LogP contribution < -0.4 is 15.4 Å². The number of rotatable bonds is 6. The van der Waals surface area contributed by atoms with Gasteiger partial charge in [-0.1, -0.05) is 6.92 Å². The lowest BCUT2D eigenvalue weighted by Crippen LogP contribution is -2.41. The van der Waals surface area contributed by atoms with Crippen molar-refractivity contribution in [2.75, 3.05) is 14.2 Å². The first-order valence-corrected chi connectivity index (χ1v) is 7.82. The zero-order valence-electron chi connectivity index (χ0n) is 14.2. The van der Waals surface area contributed by atoms with Crippen LogP contribution in [0.1, 0.15) is 26.0 Å². The minimum absolute atomic E-state index is 0.387. The summed E-state index contributed by atoms with van der Waals surface area (Å²) in [6.45, 7) is 4.89. The lowest BCUT2D eigenvalue weighted by molar-refractivity contribution is 0.414. The molecule has 6 heteroatoms. The second kappa shape index (κ2) is 8.22. The lowest BCUT2D eigenvalue weighted by atomic mass is 10.3. The first kappa shape index (κ1) is 16.9. The van der Waals surface area contributed by atoms with Crippen molar-refractivity contribution in [2.45, 2.75) is 32.9 Å². The summed E-state index contributed by atoms with van der Waals surface area (Å²) in [5.41, 5.74) is 1.95. The number of nitrogens with one attached hydrogen (secondary N) is 2. The van der Waals surface area contributed by atoms with Gasteiger partial charge < -0.3 is 15.4 Å². The molecule has 0 bridgehead atoms. The predicted octanol–water partition coefficient (Wildman–Crippen LogP) is 2.34. The van der Waals surface area contributed by atoms with E-state index in [4.69, 9.17) is 4.74 Å². The molecule has 0 aliphatic heterocycles. The molecule has 124 valence electrons. The van der Waals surface area contributed by atoms with Crippen LogP contribution in [0.3, 0.4) is 0 Å². The Hall–Kier alpha value is -2.50. The summed E-state index contributed by atoms with van der Waals surface area (Å²) in [6, 6.07) is 10.2. The highest BCUT2D eigenvalue weighted by molar-refractivity contribution is 5.79. The van der Waals surface area contributed by atoms with Crippen LogP contribution in [-0.4, -0.2) is 35.9 Å². The van der Waals surface area contributed by atoms with Gasteiger partial charge in [0.05, 0.1) is 25.0 Å². The SMILES string of the molecule is CCC(C)NC(=NC)NCc1ccn(-c2ccc(OC)cc2)n1. The van der Waals surface area contributed by atoms with Gasteiger partial charge in [-0.3, -0.25) is 4.99 Å². The van der Waals surface area contributed by atoms with Gasteiger partial charge in [0.25, 0.3) is 0 Å². The van der Waals surface area contributed by atoms with Crippen LogP contribution in [0.5, 0.6) is 5.75 Å². The van der Waals surface area contributed by atoms with Crippen molar-refractivity contribution >= 4 is 5.96 Å². The number of benzene rings is 1. The molecule has 0 amide bonds. The van der Waals surface area contributed by atoms with Gasteiger partial charge in [0, 0.05) is 19.3 Å². The second-order valence-corrected chi connectivity index (χ2v) is 5.33. The Morgan fingerprint density at radius 1 is 1.30 bits per heavy atom. The maximum atomic E-state index is 5.17. The zero-order chi connectivity index (χ0) is 16.7. The highest BCUT2D eigenvalue weighted by Crippen LogP contribution is 2.14. The highest BCUT2D eigenvalue weighted by Gasteiger charge is 2.05. The third-order valence-corrected chi connectivity index (χ3v) is 3.64. The van der Waals surface area contributed by atoms with Crippen molar-refractivity contribution in [1.29, 1.82) is 0 Å². The average Bonchev–Trinajstić information content (AvgIpc) is 3.07. The third-order valence-electron chi connectivity index (χ3n) is 3.64. The lowest BCUT2D eigenvalue weighted by Gasteiger charge is -2.15. The Morgan fingerprint density at radius 3 is 2.65 bits per heavy atom. The molecule has 2 N–H and O–H groups in total. The Morgan fingerprint density at radius 2 is 2.04 bits per heavy atom. The largest absolute Gasteiger partial charge is 0.497 e. The smallest absolute Gasteiger partial charge is 0.191 e. The Labute approximate surface area is 137 Å². The Balaban J connectivity index is 1.96. The van der Waals surface area contributed by atoms with Crippen LogP contribution in [0.4, 0.5) is 0 Å². The van der Waals surface area contributed by atoms with Gasteiger partial charge in [-0.05, 0) is 43.7 Å². The summed E-state index contributed by atoms with van der Waals surface area (Å²) in [5.74, 6) is 1.63. The maximum Gasteiger partial charge on any atom is 0.191 e. The molecule has 23 heavy (non-hydrogen) atoms. The van der Waals surface area contributed by atoms with E-state index in [0.29, 0.717) is 12.6 Å². The molecule has 0 aliphatic rings. The maximum absolute atomic E-state index is 5.17. The normalized spacial score (nSPS) is 12.8. The van der Waals surface area contributed by atoms with Crippen molar-refractivity contribution in [3.63, 3.8) is 0 Å². The van der Waals surface area contributed by atoms with E-state index in [1.807, 2.05) is 41.2 Å². The quantitative estimate of drug-likeness (QED) is 0.634. The summed E-state index contributed by atoms with van der Waals surface area (Å²) in [7, 11) is 3.43. The third kappa shape index (κ3) is 4.74. The predicted molar refractivity (Wildman–Crippen MR) is 93.2 cm³/mol. The average molecular weight is 315 g/mol. The molecule has 0 saturated carbocycles.